The molecule has 1 heterocycles. The number of hydrogen-bond donors (Lipinski definition) is 3. The summed E-state index contributed by atoms with van der Waals surface area (Å²) < 4.78 is 43.2. The molecule has 2 rings (SSSR count). The van der Waals surface area contributed by atoms with E-state index in [4.69, 9.17) is 4.74 Å². The van der Waals surface area contributed by atoms with E-state index in [0.717, 1.165) is 11.6 Å². The van der Waals surface area contributed by atoms with Crippen molar-refractivity contribution in [3.8, 4) is 0 Å². The lowest BCUT2D eigenvalue weighted by atomic mass is 9.99. The fraction of sp³-hybridized carbons (Fsp3) is 0.333. The summed E-state index contributed by atoms with van der Waals surface area (Å²) >= 11 is 0. The second-order valence-electron chi connectivity index (χ2n) is 4.82. The van der Waals surface area contributed by atoms with Crippen LogP contribution in [0.4, 0.5) is 13.2 Å². The topological polar surface area (TPSA) is 53.5 Å². The van der Waals surface area contributed by atoms with Crippen LogP contribution in [0.5, 0.6) is 0 Å². The van der Waals surface area contributed by atoms with E-state index in [-0.39, 0.29) is 5.70 Å². The van der Waals surface area contributed by atoms with E-state index in [1.54, 1.807) is 30.6 Å². The van der Waals surface area contributed by atoms with Crippen LogP contribution in [-0.2, 0) is 4.74 Å². The second-order valence-corrected chi connectivity index (χ2v) is 4.82. The van der Waals surface area contributed by atoms with Crippen LogP contribution in [0.25, 0.3) is 0 Å². The molecule has 0 amide bonds. The minimum atomic E-state index is -4.42. The van der Waals surface area contributed by atoms with Crippen molar-refractivity contribution in [2.24, 2.45) is 0 Å². The summed E-state index contributed by atoms with van der Waals surface area (Å²) in [6.45, 7) is 0. The zero-order chi connectivity index (χ0) is 16.2. The average molecular weight is 314 g/mol. The number of aliphatic hydroxyl groups is 1. The first-order chi connectivity index (χ1) is 10.4. The highest BCUT2D eigenvalue weighted by Gasteiger charge is 2.36. The van der Waals surface area contributed by atoms with Crippen LogP contribution < -0.4 is 10.6 Å². The van der Waals surface area contributed by atoms with E-state index < -0.39 is 30.5 Å². The Morgan fingerprint density at radius 2 is 2.09 bits per heavy atom. The van der Waals surface area contributed by atoms with Crippen molar-refractivity contribution in [1.82, 2.24) is 10.6 Å². The van der Waals surface area contributed by atoms with Crippen LogP contribution in [0.15, 0.2) is 59.6 Å². The molecule has 0 fully saturated rings. The fourth-order valence-electron chi connectivity index (χ4n) is 2.12. The monoisotopic (exact) mass is 314 g/mol. The highest BCUT2D eigenvalue weighted by atomic mass is 19.4. The van der Waals surface area contributed by atoms with Gasteiger partial charge >= 0.3 is 6.18 Å². The lowest BCUT2D eigenvalue weighted by molar-refractivity contribution is -0.0969. The molecule has 22 heavy (non-hydrogen) atoms. The van der Waals surface area contributed by atoms with Gasteiger partial charge in [0.15, 0.2) is 6.23 Å². The molecule has 2 unspecified atom stereocenters. The predicted molar refractivity (Wildman–Crippen MR) is 76.3 cm³/mol. The summed E-state index contributed by atoms with van der Waals surface area (Å²) in [5.41, 5.74) is 0.304. The summed E-state index contributed by atoms with van der Waals surface area (Å²) in [6, 6.07) is 0. The van der Waals surface area contributed by atoms with Gasteiger partial charge in [0.25, 0.3) is 0 Å². The van der Waals surface area contributed by atoms with Crippen molar-refractivity contribution < 1.29 is 23.0 Å². The Bertz CT molecular complexity index is 560. The Morgan fingerprint density at radius 3 is 2.73 bits per heavy atom. The van der Waals surface area contributed by atoms with Gasteiger partial charge in [-0.05, 0) is 18.2 Å². The van der Waals surface area contributed by atoms with Gasteiger partial charge in [-0.25, -0.2) is 0 Å². The van der Waals surface area contributed by atoms with Crippen LogP contribution >= 0.6 is 0 Å². The predicted octanol–water partition coefficient (Wildman–Crippen LogP) is 2.24. The summed E-state index contributed by atoms with van der Waals surface area (Å²) in [6.07, 6.45) is 4.25. The van der Waals surface area contributed by atoms with E-state index in [9.17, 15) is 18.3 Å². The number of allylic oxidation sites excluding steroid dienone is 4. The second kappa shape index (κ2) is 6.85. The van der Waals surface area contributed by atoms with Gasteiger partial charge in [-0.2, -0.15) is 13.2 Å². The molecule has 3 N–H and O–H groups in total. The molecule has 1 aliphatic heterocycles. The Balaban J connectivity index is 2.14. The molecule has 0 radical (unpaired) electrons. The molecule has 0 saturated heterocycles. The number of halogens is 3. The lowest BCUT2D eigenvalue weighted by Gasteiger charge is -2.27. The fourth-order valence-corrected chi connectivity index (χ4v) is 2.12. The van der Waals surface area contributed by atoms with Gasteiger partial charge in [0.2, 0.25) is 0 Å². The third-order valence-electron chi connectivity index (χ3n) is 3.29. The molecule has 0 bridgehead atoms. The summed E-state index contributed by atoms with van der Waals surface area (Å²) in [5.74, 6) is 0. The van der Waals surface area contributed by atoms with Gasteiger partial charge in [-0.15, -0.1) is 0 Å². The van der Waals surface area contributed by atoms with Crippen LogP contribution in [-0.4, -0.2) is 30.7 Å². The summed E-state index contributed by atoms with van der Waals surface area (Å²) in [5, 5.41) is 15.7. The highest BCUT2D eigenvalue weighted by Crippen LogP contribution is 2.32. The quantitative estimate of drug-likeness (QED) is 0.697. The van der Waals surface area contributed by atoms with Crippen LogP contribution in [0.2, 0.25) is 0 Å². The van der Waals surface area contributed by atoms with Gasteiger partial charge in [0.05, 0.1) is 6.10 Å². The van der Waals surface area contributed by atoms with E-state index in [1.807, 2.05) is 0 Å². The molecule has 4 nitrogen and oxygen atoms in total. The minimum absolute atomic E-state index is 0.287. The van der Waals surface area contributed by atoms with Gasteiger partial charge in [-0.1, -0.05) is 12.2 Å². The first-order valence-electron chi connectivity index (χ1n) is 6.66. The molecule has 2 atom stereocenters. The number of hydrogen-bond acceptors (Lipinski definition) is 4. The molecular weight excluding hydrogens is 297 g/mol. The highest BCUT2D eigenvalue weighted by molar-refractivity contribution is 5.33. The molecule has 0 saturated carbocycles. The number of rotatable bonds is 4. The summed E-state index contributed by atoms with van der Waals surface area (Å²) in [7, 11) is 1.47. The smallest absolute Gasteiger partial charge is 0.387 e. The van der Waals surface area contributed by atoms with Crippen molar-refractivity contribution in [3.05, 3.63) is 59.6 Å². The number of ether oxygens (including phenoxy) is 1. The molecule has 120 valence electrons. The van der Waals surface area contributed by atoms with Crippen LogP contribution in [0.3, 0.4) is 0 Å². The molecule has 0 spiro atoms. The Morgan fingerprint density at radius 1 is 1.32 bits per heavy atom. The normalized spacial score (nSPS) is 23.0. The number of aliphatic hydroxyl groups excluding tert-OH is 1. The lowest BCUT2D eigenvalue weighted by Crippen LogP contribution is -2.37. The van der Waals surface area contributed by atoms with E-state index in [0.29, 0.717) is 0 Å². The molecule has 0 aromatic carbocycles. The molecular formula is C15H17F3N2O2. The van der Waals surface area contributed by atoms with Crippen molar-refractivity contribution in [2.75, 3.05) is 7.11 Å². The average Bonchev–Trinajstić information content (AvgIpc) is 2.74. The van der Waals surface area contributed by atoms with Crippen molar-refractivity contribution >= 4 is 0 Å². The standard InChI is InChI=1S/C15H17F3N2O2/c1-22-14(10-3-2-7-19-8-6-10)20-12-5-4-11(9-13(12)21)15(16,17)18/h2-8,13-14,19-21H,9H2,1H3. The van der Waals surface area contributed by atoms with Crippen molar-refractivity contribution in [2.45, 2.75) is 24.9 Å². The molecule has 0 aromatic heterocycles. The first-order valence-corrected chi connectivity index (χ1v) is 6.66. The zero-order valence-corrected chi connectivity index (χ0v) is 11.9. The number of methoxy groups -OCH3 is 1. The van der Waals surface area contributed by atoms with Gasteiger partial charge in [0.1, 0.15) is 0 Å². The third kappa shape index (κ3) is 4.02. The van der Waals surface area contributed by atoms with Crippen LogP contribution in [0, 0.1) is 0 Å². The minimum Gasteiger partial charge on any atom is -0.387 e. The number of nitrogens with one attached hydrogen (secondary N) is 2. The molecule has 0 aromatic rings. The third-order valence-corrected chi connectivity index (χ3v) is 3.29. The number of alkyl halides is 3. The summed E-state index contributed by atoms with van der Waals surface area (Å²) in [4.78, 5) is 0. The van der Waals surface area contributed by atoms with Gasteiger partial charge < -0.3 is 20.5 Å². The van der Waals surface area contributed by atoms with Crippen LogP contribution in [0.1, 0.15) is 6.42 Å². The Labute approximate surface area is 126 Å². The maximum Gasteiger partial charge on any atom is 0.412 e. The Kier molecular flexibility index (Phi) is 5.10. The first kappa shape index (κ1) is 16.4. The van der Waals surface area contributed by atoms with E-state index >= 15 is 0 Å². The maximum absolute atomic E-state index is 12.6. The van der Waals surface area contributed by atoms with Crippen molar-refractivity contribution in [1.29, 1.82) is 0 Å². The molecule has 2 aliphatic rings. The molecule has 1 aliphatic carbocycles. The maximum atomic E-state index is 12.6. The SMILES string of the molecule is COC(NC1=CC=C(C(F)(F)F)CC1O)C1=CC=CNC=C1. The van der Waals surface area contributed by atoms with Crippen molar-refractivity contribution in [3.63, 3.8) is 0 Å². The Hall–Kier alpha value is -1.99. The van der Waals surface area contributed by atoms with E-state index in [1.165, 1.54) is 13.2 Å². The zero-order valence-electron chi connectivity index (χ0n) is 11.9. The molecule has 7 heteroatoms. The van der Waals surface area contributed by atoms with Gasteiger partial charge in [0, 0.05) is 42.8 Å². The van der Waals surface area contributed by atoms with Gasteiger partial charge in [-0.3, -0.25) is 0 Å². The largest absolute Gasteiger partial charge is 0.412 e. The van der Waals surface area contributed by atoms with E-state index in [2.05, 4.69) is 10.6 Å².